The maximum Gasteiger partial charge on any atom is 0.236 e. The standard InChI is InChI=1S/C7H11N3O2S.C2H6/c1-3-6-4-5-8-7(9-6)10-13(2,11)12;1-2/h4-5H,3H2,1-2H3,(H,8,9,10);1-2H3. The average Bonchev–Trinajstić information content (AvgIpc) is 2.19. The minimum atomic E-state index is -3.28. The summed E-state index contributed by atoms with van der Waals surface area (Å²) in [5.41, 5.74) is 0.807. The number of aryl methyl sites for hydroxylation is 1. The van der Waals surface area contributed by atoms with Gasteiger partial charge in [-0.2, -0.15) is 0 Å². The van der Waals surface area contributed by atoms with Crippen molar-refractivity contribution in [3.63, 3.8) is 0 Å². The van der Waals surface area contributed by atoms with Gasteiger partial charge in [0.05, 0.1) is 6.26 Å². The van der Waals surface area contributed by atoms with Gasteiger partial charge in [-0.25, -0.2) is 18.4 Å². The molecule has 1 heterocycles. The number of nitrogens with one attached hydrogen (secondary N) is 1. The highest BCUT2D eigenvalue weighted by atomic mass is 32.2. The highest BCUT2D eigenvalue weighted by molar-refractivity contribution is 7.91. The van der Waals surface area contributed by atoms with Crippen LogP contribution in [-0.4, -0.2) is 24.6 Å². The summed E-state index contributed by atoms with van der Waals surface area (Å²) in [5, 5.41) is 0. The van der Waals surface area contributed by atoms with E-state index in [0.717, 1.165) is 18.4 Å². The van der Waals surface area contributed by atoms with Crippen molar-refractivity contribution in [2.24, 2.45) is 0 Å². The van der Waals surface area contributed by atoms with E-state index in [2.05, 4.69) is 14.7 Å². The Morgan fingerprint density at radius 2 is 2.00 bits per heavy atom. The van der Waals surface area contributed by atoms with E-state index >= 15 is 0 Å². The molecule has 0 saturated carbocycles. The second-order valence-electron chi connectivity index (χ2n) is 2.60. The van der Waals surface area contributed by atoms with Crippen molar-refractivity contribution >= 4 is 16.0 Å². The van der Waals surface area contributed by atoms with Crippen molar-refractivity contribution in [2.75, 3.05) is 11.0 Å². The molecule has 0 radical (unpaired) electrons. The van der Waals surface area contributed by atoms with E-state index in [0.29, 0.717) is 0 Å². The zero-order valence-electron chi connectivity index (χ0n) is 9.48. The first-order chi connectivity index (χ1) is 7.01. The number of aromatic nitrogens is 2. The molecule has 0 amide bonds. The van der Waals surface area contributed by atoms with Crippen LogP contribution in [-0.2, 0) is 16.4 Å². The van der Waals surface area contributed by atoms with Crippen LogP contribution in [0.3, 0.4) is 0 Å². The Morgan fingerprint density at radius 3 is 2.47 bits per heavy atom. The molecule has 0 spiro atoms. The van der Waals surface area contributed by atoms with Gasteiger partial charge in [0.25, 0.3) is 0 Å². The van der Waals surface area contributed by atoms with Gasteiger partial charge in [-0.1, -0.05) is 20.8 Å². The van der Waals surface area contributed by atoms with Crippen LogP contribution in [0.15, 0.2) is 12.3 Å². The molecule has 0 fully saturated rings. The number of rotatable bonds is 3. The third-order valence-electron chi connectivity index (χ3n) is 1.35. The zero-order valence-corrected chi connectivity index (χ0v) is 10.3. The Morgan fingerprint density at radius 1 is 1.40 bits per heavy atom. The van der Waals surface area contributed by atoms with Gasteiger partial charge < -0.3 is 0 Å². The van der Waals surface area contributed by atoms with Gasteiger partial charge in [0.2, 0.25) is 16.0 Å². The molecule has 1 aromatic heterocycles. The lowest BCUT2D eigenvalue weighted by atomic mass is 10.3. The lowest BCUT2D eigenvalue weighted by Crippen LogP contribution is -2.12. The van der Waals surface area contributed by atoms with Crippen LogP contribution in [0.2, 0.25) is 0 Å². The van der Waals surface area contributed by atoms with Gasteiger partial charge >= 0.3 is 0 Å². The maximum absolute atomic E-state index is 10.8. The van der Waals surface area contributed by atoms with E-state index < -0.39 is 10.0 Å². The number of nitrogens with zero attached hydrogens (tertiary/aromatic N) is 2. The van der Waals surface area contributed by atoms with Gasteiger partial charge in [-0.15, -0.1) is 0 Å². The number of hydrogen-bond donors (Lipinski definition) is 1. The van der Waals surface area contributed by atoms with E-state index in [-0.39, 0.29) is 5.95 Å². The third kappa shape index (κ3) is 6.01. The van der Waals surface area contributed by atoms with Crippen LogP contribution in [0.25, 0.3) is 0 Å². The molecule has 5 nitrogen and oxygen atoms in total. The van der Waals surface area contributed by atoms with Gasteiger partial charge in [0, 0.05) is 11.9 Å². The van der Waals surface area contributed by atoms with Crippen molar-refractivity contribution in [3.05, 3.63) is 18.0 Å². The fourth-order valence-corrected chi connectivity index (χ4v) is 1.24. The molecule has 0 aliphatic rings. The first kappa shape index (κ1) is 13.8. The summed E-state index contributed by atoms with van der Waals surface area (Å²) < 4.78 is 23.8. The Balaban J connectivity index is 0.000000921. The minimum absolute atomic E-state index is 0.127. The summed E-state index contributed by atoms with van der Waals surface area (Å²) >= 11 is 0. The lowest BCUT2D eigenvalue weighted by molar-refractivity contribution is 0.606. The highest BCUT2D eigenvalue weighted by Gasteiger charge is 2.03. The highest BCUT2D eigenvalue weighted by Crippen LogP contribution is 2.02. The first-order valence-corrected chi connectivity index (χ1v) is 6.70. The molecule has 0 aliphatic carbocycles. The molecule has 0 saturated heterocycles. The fourth-order valence-electron chi connectivity index (χ4n) is 0.808. The van der Waals surface area contributed by atoms with Crippen molar-refractivity contribution in [1.82, 2.24) is 9.97 Å². The molecule has 0 unspecified atom stereocenters. The van der Waals surface area contributed by atoms with Crippen molar-refractivity contribution in [3.8, 4) is 0 Å². The molecule has 0 aromatic carbocycles. The van der Waals surface area contributed by atoms with E-state index in [1.165, 1.54) is 6.20 Å². The maximum atomic E-state index is 10.8. The summed E-state index contributed by atoms with van der Waals surface area (Å²) in [4.78, 5) is 7.75. The second-order valence-corrected chi connectivity index (χ2v) is 4.35. The molecule has 1 aromatic rings. The van der Waals surface area contributed by atoms with Gasteiger partial charge in [-0.05, 0) is 12.5 Å². The van der Waals surface area contributed by atoms with E-state index in [1.807, 2.05) is 20.8 Å². The van der Waals surface area contributed by atoms with Gasteiger partial charge in [-0.3, -0.25) is 4.72 Å². The summed E-state index contributed by atoms with van der Waals surface area (Å²) in [6.45, 7) is 5.94. The molecule has 86 valence electrons. The van der Waals surface area contributed by atoms with Crippen LogP contribution in [0.4, 0.5) is 5.95 Å². The van der Waals surface area contributed by atoms with Crippen LogP contribution in [0.1, 0.15) is 26.5 Å². The number of sulfonamides is 1. The van der Waals surface area contributed by atoms with E-state index in [4.69, 9.17) is 0 Å². The SMILES string of the molecule is CC.CCc1ccnc(NS(C)(=O)=O)n1. The van der Waals surface area contributed by atoms with Crippen LogP contribution < -0.4 is 4.72 Å². The first-order valence-electron chi connectivity index (χ1n) is 4.81. The normalized spacial score (nSPS) is 10.1. The Hall–Kier alpha value is -1.17. The summed E-state index contributed by atoms with van der Waals surface area (Å²) in [5.74, 6) is 0.127. The van der Waals surface area contributed by atoms with Crippen LogP contribution in [0.5, 0.6) is 0 Å². The Kier molecular flexibility index (Phi) is 5.84. The summed E-state index contributed by atoms with van der Waals surface area (Å²) in [7, 11) is -3.28. The average molecular weight is 231 g/mol. The molecule has 6 heteroatoms. The summed E-state index contributed by atoms with van der Waals surface area (Å²) in [6.07, 6.45) is 3.34. The molecular formula is C9H17N3O2S. The largest absolute Gasteiger partial charge is 0.251 e. The van der Waals surface area contributed by atoms with Gasteiger partial charge in [0.15, 0.2) is 0 Å². The monoisotopic (exact) mass is 231 g/mol. The van der Waals surface area contributed by atoms with E-state index in [1.54, 1.807) is 6.07 Å². The quantitative estimate of drug-likeness (QED) is 0.854. The van der Waals surface area contributed by atoms with Crippen LogP contribution in [0, 0.1) is 0 Å². The smallest absolute Gasteiger partial charge is 0.236 e. The topological polar surface area (TPSA) is 72.0 Å². The van der Waals surface area contributed by atoms with Crippen LogP contribution >= 0.6 is 0 Å². The zero-order chi connectivity index (χ0) is 11.9. The predicted molar refractivity (Wildman–Crippen MR) is 61.2 cm³/mol. The van der Waals surface area contributed by atoms with Crippen molar-refractivity contribution < 1.29 is 8.42 Å². The van der Waals surface area contributed by atoms with Gasteiger partial charge in [0.1, 0.15) is 0 Å². The van der Waals surface area contributed by atoms with Crippen molar-refractivity contribution in [2.45, 2.75) is 27.2 Å². The number of anilines is 1. The number of hydrogen-bond acceptors (Lipinski definition) is 4. The van der Waals surface area contributed by atoms with E-state index in [9.17, 15) is 8.42 Å². The lowest BCUT2D eigenvalue weighted by Gasteiger charge is -2.02. The fraction of sp³-hybridized carbons (Fsp3) is 0.556. The molecular weight excluding hydrogens is 214 g/mol. The second kappa shape index (κ2) is 6.34. The molecule has 15 heavy (non-hydrogen) atoms. The Labute approximate surface area is 91.0 Å². The third-order valence-corrected chi connectivity index (χ3v) is 1.91. The molecule has 0 aliphatic heterocycles. The molecule has 0 bridgehead atoms. The Bertz CT molecular complexity index is 390. The predicted octanol–water partition coefficient (Wildman–Crippen LogP) is 1.44. The minimum Gasteiger partial charge on any atom is -0.251 e. The summed E-state index contributed by atoms with van der Waals surface area (Å²) in [6, 6.07) is 1.74. The molecule has 1 rings (SSSR count). The molecule has 1 N–H and O–H groups in total. The van der Waals surface area contributed by atoms with Crippen molar-refractivity contribution in [1.29, 1.82) is 0 Å². The molecule has 0 atom stereocenters.